The van der Waals surface area contributed by atoms with Gasteiger partial charge in [-0.25, -0.2) is 0 Å². The zero-order valence-corrected chi connectivity index (χ0v) is 11.3. The van der Waals surface area contributed by atoms with E-state index in [1.165, 1.54) is 0 Å². The Morgan fingerprint density at radius 1 is 1.00 bits per heavy atom. The lowest BCUT2D eigenvalue weighted by Gasteiger charge is -1.86. The van der Waals surface area contributed by atoms with Crippen LogP contribution in [0, 0.1) is 0 Å². The molecule has 0 fully saturated rings. The molecule has 0 radical (unpaired) electrons. The van der Waals surface area contributed by atoms with Gasteiger partial charge < -0.3 is 5.32 Å². The van der Waals surface area contributed by atoms with Crippen LogP contribution in [-0.4, -0.2) is 13.1 Å². The highest BCUT2D eigenvalue weighted by molar-refractivity contribution is 9.10. The Kier molecular flexibility index (Phi) is 17.4. The average Bonchev–Trinajstić information content (AvgIpc) is 2.24. The maximum Gasteiger partial charge on any atom is 0.0175 e. The summed E-state index contributed by atoms with van der Waals surface area (Å²) in [5.74, 6) is 0. The molecule has 0 unspecified atom stereocenters. The number of nitrogens with one attached hydrogen (secondary N) is 1. The number of hydrogen-bond donors (Lipinski definition) is 1. The average molecular weight is 260 g/mol. The molecule has 1 aromatic carbocycles. The van der Waals surface area contributed by atoms with E-state index in [0.29, 0.717) is 0 Å². The topological polar surface area (TPSA) is 12.0 Å². The van der Waals surface area contributed by atoms with Crippen LogP contribution in [0.15, 0.2) is 34.8 Å². The molecule has 0 aromatic heterocycles. The molecule has 1 N–H and O–H groups in total. The zero-order chi connectivity index (χ0) is 11.2. The summed E-state index contributed by atoms with van der Waals surface area (Å²) in [6.07, 6.45) is 0. The Balaban J connectivity index is 0. The van der Waals surface area contributed by atoms with Gasteiger partial charge in [-0.3, -0.25) is 0 Å². The maximum atomic E-state index is 3.31. The van der Waals surface area contributed by atoms with Gasteiger partial charge in [0.25, 0.3) is 0 Å². The molecule has 1 rings (SSSR count). The molecule has 2 heteroatoms. The van der Waals surface area contributed by atoms with Gasteiger partial charge in [-0.05, 0) is 25.2 Å². The Morgan fingerprint density at radius 3 is 1.57 bits per heavy atom. The second kappa shape index (κ2) is 15.1. The number of hydrogen-bond acceptors (Lipinski definition) is 1. The summed E-state index contributed by atoms with van der Waals surface area (Å²) in [5.41, 5.74) is 0. The van der Waals surface area contributed by atoms with E-state index >= 15 is 0 Å². The van der Waals surface area contributed by atoms with Crippen molar-refractivity contribution in [2.45, 2.75) is 27.7 Å². The number of benzene rings is 1. The molecule has 82 valence electrons. The van der Waals surface area contributed by atoms with Crippen molar-refractivity contribution in [1.29, 1.82) is 0 Å². The second-order valence-electron chi connectivity index (χ2n) is 2.25. The minimum absolute atomic E-state index is 1.09. The van der Waals surface area contributed by atoms with Crippen molar-refractivity contribution in [3.8, 4) is 0 Å². The van der Waals surface area contributed by atoms with Crippen molar-refractivity contribution in [2.24, 2.45) is 0 Å². The normalized spacial score (nSPS) is 7.79. The highest BCUT2D eigenvalue weighted by Gasteiger charge is 1.74. The van der Waals surface area contributed by atoms with Crippen LogP contribution in [0.2, 0.25) is 0 Å². The van der Waals surface area contributed by atoms with Crippen LogP contribution >= 0.6 is 15.9 Å². The molecule has 0 aliphatic carbocycles. The molecule has 0 atom stereocenters. The van der Waals surface area contributed by atoms with Crippen molar-refractivity contribution < 1.29 is 0 Å². The highest BCUT2D eigenvalue weighted by atomic mass is 79.9. The first-order valence-electron chi connectivity index (χ1n) is 5.22. The molecule has 0 amide bonds. The lowest BCUT2D eigenvalue weighted by molar-refractivity contribution is 0.762. The van der Waals surface area contributed by atoms with Crippen LogP contribution in [0.25, 0.3) is 0 Å². The van der Waals surface area contributed by atoms with E-state index in [-0.39, 0.29) is 0 Å². The maximum absolute atomic E-state index is 3.31. The third kappa shape index (κ3) is 14.2. The standard InChI is InChI=1S/C6H5Br.C4H11N.C2H6/c7-6-4-2-1-3-5-6;1-3-5-4-2;1-2/h1-5H;5H,3-4H2,1-2H3;1-2H3. The molecular formula is C12H22BrN. The largest absolute Gasteiger partial charge is 0.317 e. The van der Waals surface area contributed by atoms with Gasteiger partial charge in [-0.2, -0.15) is 0 Å². The smallest absolute Gasteiger partial charge is 0.0175 e. The van der Waals surface area contributed by atoms with Gasteiger partial charge in [0.2, 0.25) is 0 Å². The van der Waals surface area contributed by atoms with Crippen LogP contribution in [0.1, 0.15) is 27.7 Å². The van der Waals surface area contributed by atoms with Gasteiger partial charge in [0.05, 0.1) is 0 Å². The van der Waals surface area contributed by atoms with E-state index in [9.17, 15) is 0 Å². The van der Waals surface area contributed by atoms with Crippen molar-refractivity contribution in [3.05, 3.63) is 34.8 Å². The third-order valence-corrected chi connectivity index (χ3v) is 1.76. The fraction of sp³-hybridized carbons (Fsp3) is 0.500. The molecule has 0 saturated heterocycles. The van der Waals surface area contributed by atoms with E-state index < -0.39 is 0 Å². The quantitative estimate of drug-likeness (QED) is 0.844. The first kappa shape index (κ1) is 16.1. The molecular weight excluding hydrogens is 238 g/mol. The first-order chi connectivity index (χ1) is 6.81. The SMILES string of the molecule is Brc1ccccc1.CC.CCNCC. The van der Waals surface area contributed by atoms with Gasteiger partial charge in [-0.1, -0.05) is 61.8 Å². The molecule has 1 nitrogen and oxygen atoms in total. The van der Waals surface area contributed by atoms with Gasteiger partial charge in [0.15, 0.2) is 0 Å². The summed E-state index contributed by atoms with van der Waals surface area (Å²) < 4.78 is 1.13. The molecule has 1 aromatic rings. The van der Waals surface area contributed by atoms with Crippen LogP contribution in [0.4, 0.5) is 0 Å². The Morgan fingerprint density at radius 2 is 1.43 bits per heavy atom. The van der Waals surface area contributed by atoms with Crippen molar-refractivity contribution in [3.63, 3.8) is 0 Å². The van der Waals surface area contributed by atoms with Crippen LogP contribution in [-0.2, 0) is 0 Å². The fourth-order valence-corrected chi connectivity index (χ4v) is 0.970. The lowest BCUT2D eigenvalue weighted by Crippen LogP contribution is -2.09. The number of halogens is 1. The van der Waals surface area contributed by atoms with Gasteiger partial charge in [-0.15, -0.1) is 0 Å². The summed E-state index contributed by atoms with van der Waals surface area (Å²) >= 11 is 3.31. The third-order valence-electron chi connectivity index (χ3n) is 1.23. The van der Waals surface area contributed by atoms with E-state index in [1.807, 2.05) is 44.2 Å². The molecule has 0 saturated carbocycles. The lowest BCUT2D eigenvalue weighted by atomic mass is 10.4. The summed E-state index contributed by atoms with van der Waals surface area (Å²) in [7, 11) is 0. The molecule has 0 bridgehead atoms. The summed E-state index contributed by atoms with van der Waals surface area (Å²) in [6, 6.07) is 9.97. The van der Waals surface area contributed by atoms with Gasteiger partial charge in [0.1, 0.15) is 0 Å². The van der Waals surface area contributed by atoms with E-state index in [0.717, 1.165) is 17.6 Å². The van der Waals surface area contributed by atoms with Crippen LogP contribution in [0.5, 0.6) is 0 Å². The minimum Gasteiger partial charge on any atom is -0.317 e. The Hall–Kier alpha value is -0.340. The van der Waals surface area contributed by atoms with Crippen molar-refractivity contribution >= 4 is 15.9 Å². The monoisotopic (exact) mass is 259 g/mol. The predicted molar refractivity (Wildman–Crippen MR) is 69.7 cm³/mol. The van der Waals surface area contributed by atoms with Gasteiger partial charge >= 0.3 is 0 Å². The van der Waals surface area contributed by atoms with Crippen molar-refractivity contribution in [2.75, 3.05) is 13.1 Å². The molecule has 0 heterocycles. The summed E-state index contributed by atoms with van der Waals surface area (Å²) in [4.78, 5) is 0. The summed E-state index contributed by atoms with van der Waals surface area (Å²) in [5, 5.41) is 3.11. The minimum atomic E-state index is 1.09. The molecule has 0 aliphatic heterocycles. The van der Waals surface area contributed by atoms with E-state index in [2.05, 4.69) is 35.1 Å². The van der Waals surface area contributed by atoms with E-state index in [1.54, 1.807) is 0 Å². The first-order valence-corrected chi connectivity index (χ1v) is 6.01. The zero-order valence-electron chi connectivity index (χ0n) is 9.68. The Labute approximate surface area is 97.1 Å². The van der Waals surface area contributed by atoms with Crippen LogP contribution < -0.4 is 5.32 Å². The van der Waals surface area contributed by atoms with Crippen molar-refractivity contribution in [1.82, 2.24) is 5.32 Å². The van der Waals surface area contributed by atoms with Gasteiger partial charge in [0, 0.05) is 4.47 Å². The molecule has 0 spiro atoms. The Bertz CT molecular complexity index is 173. The molecule has 14 heavy (non-hydrogen) atoms. The molecule has 0 aliphatic rings. The predicted octanol–water partition coefficient (Wildman–Crippen LogP) is 4.09. The highest BCUT2D eigenvalue weighted by Crippen LogP contribution is 2.05. The van der Waals surface area contributed by atoms with E-state index in [4.69, 9.17) is 0 Å². The summed E-state index contributed by atoms with van der Waals surface area (Å²) in [6.45, 7) is 10.4. The van der Waals surface area contributed by atoms with Crippen LogP contribution in [0.3, 0.4) is 0 Å². The second-order valence-corrected chi connectivity index (χ2v) is 3.17. The fourth-order valence-electron chi connectivity index (χ4n) is 0.665. The number of rotatable bonds is 2.